The van der Waals surface area contributed by atoms with E-state index >= 15 is 0 Å². The summed E-state index contributed by atoms with van der Waals surface area (Å²) >= 11 is 1.75. The molecule has 0 bridgehead atoms. The van der Waals surface area contributed by atoms with Crippen molar-refractivity contribution in [2.45, 2.75) is 40.2 Å². The van der Waals surface area contributed by atoms with E-state index in [1.165, 1.54) is 4.88 Å². The summed E-state index contributed by atoms with van der Waals surface area (Å²) in [4.78, 5) is 14.5. The molecule has 2 N–H and O–H groups in total. The zero-order valence-electron chi connectivity index (χ0n) is 12.4. The summed E-state index contributed by atoms with van der Waals surface area (Å²) in [6.45, 7) is 9.04. The van der Waals surface area contributed by atoms with Crippen LogP contribution in [0.15, 0.2) is 12.3 Å². The number of anilines is 2. The summed E-state index contributed by atoms with van der Waals surface area (Å²) in [5, 5.41) is 7.69. The van der Waals surface area contributed by atoms with E-state index in [-0.39, 0.29) is 6.04 Å². The van der Waals surface area contributed by atoms with Gasteiger partial charge in [-0.1, -0.05) is 6.92 Å². The molecule has 0 amide bonds. The lowest BCUT2D eigenvalue weighted by molar-refractivity contribution is 0.854. The minimum Gasteiger partial charge on any atom is -0.370 e. The molecule has 2 rings (SSSR count). The van der Waals surface area contributed by atoms with Gasteiger partial charge in [0, 0.05) is 23.7 Å². The van der Waals surface area contributed by atoms with Gasteiger partial charge in [0.2, 0.25) is 0 Å². The molecule has 0 aliphatic heterocycles. The average Bonchev–Trinajstić information content (AvgIpc) is 2.87. The Morgan fingerprint density at radius 3 is 2.65 bits per heavy atom. The van der Waals surface area contributed by atoms with Crippen LogP contribution in [-0.4, -0.2) is 21.5 Å². The number of rotatable bonds is 6. The standard InChI is InChI=1S/C14H21N5S/c1-5-11-8-16-14(20-11)9(3)17-13-7-12(15-6-2)18-10(4)19-13/h7-9H,5-6H2,1-4H3,(H2,15,17,18,19). The Bertz CT molecular complexity index is 566. The lowest BCUT2D eigenvalue weighted by Crippen LogP contribution is -2.10. The molecule has 2 aromatic heterocycles. The van der Waals surface area contributed by atoms with Crippen LogP contribution >= 0.6 is 11.3 Å². The average molecular weight is 291 g/mol. The second kappa shape index (κ2) is 6.65. The Kier molecular flexibility index (Phi) is 4.89. The van der Waals surface area contributed by atoms with Gasteiger partial charge in [0.15, 0.2) is 0 Å². The SMILES string of the molecule is CCNc1cc(NC(C)c2ncc(CC)s2)nc(C)n1. The van der Waals surface area contributed by atoms with Crippen LogP contribution in [0.1, 0.15) is 42.5 Å². The maximum Gasteiger partial charge on any atom is 0.132 e. The molecular formula is C14H21N5S. The van der Waals surface area contributed by atoms with Crippen LogP contribution < -0.4 is 10.6 Å². The van der Waals surface area contributed by atoms with Crippen LogP contribution in [0.5, 0.6) is 0 Å². The quantitative estimate of drug-likeness (QED) is 0.854. The van der Waals surface area contributed by atoms with E-state index in [0.29, 0.717) is 0 Å². The molecule has 1 unspecified atom stereocenters. The summed E-state index contributed by atoms with van der Waals surface area (Å²) in [6.07, 6.45) is 2.98. The fourth-order valence-corrected chi connectivity index (χ4v) is 2.74. The van der Waals surface area contributed by atoms with Gasteiger partial charge < -0.3 is 10.6 Å². The lowest BCUT2D eigenvalue weighted by Gasteiger charge is -2.13. The first-order valence-corrected chi connectivity index (χ1v) is 7.74. The van der Waals surface area contributed by atoms with E-state index < -0.39 is 0 Å². The second-order valence-corrected chi connectivity index (χ2v) is 5.75. The Morgan fingerprint density at radius 1 is 1.25 bits per heavy atom. The first-order valence-electron chi connectivity index (χ1n) is 6.93. The maximum absolute atomic E-state index is 4.46. The third-order valence-electron chi connectivity index (χ3n) is 2.85. The van der Waals surface area contributed by atoms with Gasteiger partial charge in [-0.2, -0.15) is 0 Å². The van der Waals surface area contributed by atoms with Gasteiger partial charge in [0.05, 0.1) is 6.04 Å². The highest BCUT2D eigenvalue weighted by atomic mass is 32.1. The Morgan fingerprint density at radius 2 is 2.00 bits per heavy atom. The van der Waals surface area contributed by atoms with Crippen molar-refractivity contribution in [3.8, 4) is 0 Å². The van der Waals surface area contributed by atoms with Crippen molar-refractivity contribution in [3.05, 3.63) is 28.0 Å². The third kappa shape index (κ3) is 3.66. The van der Waals surface area contributed by atoms with Crippen molar-refractivity contribution in [1.82, 2.24) is 15.0 Å². The van der Waals surface area contributed by atoms with E-state index in [2.05, 4.69) is 46.4 Å². The molecular weight excluding hydrogens is 270 g/mol. The van der Waals surface area contributed by atoms with Crippen LogP contribution in [0.3, 0.4) is 0 Å². The highest BCUT2D eigenvalue weighted by Gasteiger charge is 2.11. The minimum absolute atomic E-state index is 0.143. The van der Waals surface area contributed by atoms with Gasteiger partial charge >= 0.3 is 0 Å². The van der Waals surface area contributed by atoms with Gasteiger partial charge in [0.1, 0.15) is 22.5 Å². The molecule has 0 aliphatic rings. The van der Waals surface area contributed by atoms with Crippen LogP contribution in [0.4, 0.5) is 11.6 Å². The number of nitrogens with zero attached hydrogens (tertiary/aromatic N) is 3. The predicted molar refractivity (Wildman–Crippen MR) is 84.5 cm³/mol. The number of hydrogen-bond acceptors (Lipinski definition) is 6. The molecule has 2 heterocycles. The zero-order valence-corrected chi connectivity index (χ0v) is 13.2. The van der Waals surface area contributed by atoms with Crippen LogP contribution in [0, 0.1) is 6.92 Å². The molecule has 0 aromatic carbocycles. The molecule has 1 atom stereocenters. The third-order valence-corrected chi connectivity index (χ3v) is 4.17. The Labute approximate surface area is 123 Å². The van der Waals surface area contributed by atoms with E-state index in [4.69, 9.17) is 0 Å². The molecule has 0 fully saturated rings. The fraction of sp³-hybridized carbons (Fsp3) is 0.500. The predicted octanol–water partition coefficient (Wildman–Crippen LogP) is 3.41. The lowest BCUT2D eigenvalue weighted by atomic mass is 10.3. The van der Waals surface area contributed by atoms with Gasteiger partial charge in [0.25, 0.3) is 0 Å². The van der Waals surface area contributed by atoms with Gasteiger partial charge in [-0.15, -0.1) is 11.3 Å². The molecule has 0 spiro atoms. The molecule has 108 valence electrons. The molecule has 5 nitrogen and oxygen atoms in total. The minimum atomic E-state index is 0.143. The van der Waals surface area contributed by atoms with Gasteiger partial charge in [-0.25, -0.2) is 15.0 Å². The summed E-state index contributed by atoms with van der Waals surface area (Å²) in [5.74, 6) is 2.43. The summed E-state index contributed by atoms with van der Waals surface area (Å²) in [6, 6.07) is 2.07. The smallest absolute Gasteiger partial charge is 0.132 e. The monoisotopic (exact) mass is 291 g/mol. The number of thiazole rings is 1. The summed E-state index contributed by atoms with van der Waals surface area (Å²) < 4.78 is 0. The first-order chi connectivity index (χ1) is 9.62. The normalized spacial score (nSPS) is 12.2. The van der Waals surface area contributed by atoms with Gasteiger partial charge in [-0.05, 0) is 27.2 Å². The Hall–Kier alpha value is -1.69. The zero-order chi connectivity index (χ0) is 14.5. The van der Waals surface area contributed by atoms with Crippen LogP contribution in [0.25, 0.3) is 0 Å². The van der Waals surface area contributed by atoms with Crippen LogP contribution in [-0.2, 0) is 6.42 Å². The van der Waals surface area contributed by atoms with E-state index in [1.807, 2.05) is 19.2 Å². The Balaban J connectivity index is 2.12. The molecule has 2 aromatic rings. The van der Waals surface area contributed by atoms with Crippen molar-refractivity contribution in [3.63, 3.8) is 0 Å². The number of aryl methyl sites for hydroxylation is 2. The van der Waals surface area contributed by atoms with Crippen molar-refractivity contribution in [2.75, 3.05) is 17.2 Å². The number of aromatic nitrogens is 3. The van der Waals surface area contributed by atoms with E-state index in [0.717, 1.165) is 35.4 Å². The second-order valence-electron chi connectivity index (χ2n) is 4.60. The molecule has 0 radical (unpaired) electrons. The number of hydrogen-bond donors (Lipinski definition) is 2. The highest BCUT2D eigenvalue weighted by molar-refractivity contribution is 7.11. The summed E-state index contributed by atoms with van der Waals surface area (Å²) in [5.41, 5.74) is 0. The van der Waals surface area contributed by atoms with E-state index in [9.17, 15) is 0 Å². The van der Waals surface area contributed by atoms with Crippen molar-refractivity contribution in [1.29, 1.82) is 0 Å². The largest absolute Gasteiger partial charge is 0.370 e. The fourth-order valence-electron chi connectivity index (χ4n) is 1.88. The van der Waals surface area contributed by atoms with Crippen molar-refractivity contribution < 1.29 is 0 Å². The van der Waals surface area contributed by atoms with Crippen molar-refractivity contribution >= 4 is 23.0 Å². The van der Waals surface area contributed by atoms with E-state index in [1.54, 1.807) is 11.3 Å². The first kappa shape index (κ1) is 14.7. The number of nitrogens with one attached hydrogen (secondary N) is 2. The maximum atomic E-state index is 4.46. The van der Waals surface area contributed by atoms with Gasteiger partial charge in [-0.3, -0.25) is 0 Å². The molecule has 0 saturated carbocycles. The molecule has 6 heteroatoms. The highest BCUT2D eigenvalue weighted by Crippen LogP contribution is 2.24. The molecule has 20 heavy (non-hydrogen) atoms. The van der Waals surface area contributed by atoms with Crippen molar-refractivity contribution in [2.24, 2.45) is 0 Å². The molecule has 0 aliphatic carbocycles. The molecule has 0 saturated heterocycles. The van der Waals surface area contributed by atoms with Crippen LogP contribution in [0.2, 0.25) is 0 Å². The summed E-state index contributed by atoms with van der Waals surface area (Å²) in [7, 11) is 0. The topological polar surface area (TPSA) is 62.7 Å².